The van der Waals surface area contributed by atoms with E-state index in [2.05, 4.69) is 5.32 Å². The average Bonchev–Trinajstić information content (AvgIpc) is 2.60. The smallest absolute Gasteiger partial charge is 0.339 e. The van der Waals surface area contributed by atoms with Gasteiger partial charge in [0.1, 0.15) is 6.04 Å². The number of methoxy groups -OCH3 is 1. The molecule has 0 heterocycles. The van der Waals surface area contributed by atoms with E-state index in [4.69, 9.17) is 16.3 Å². The highest BCUT2D eigenvalue weighted by atomic mass is 35.5. The van der Waals surface area contributed by atoms with Gasteiger partial charge in [-0.1, -0.05) is 29.8 Å². The number of halogens is 1. The van der Waals surface area contributed by atoms with E-state index in [1.54, 1.807) is 30.3 Å². The standard InChI is InChI=1S/C18H19ClN2O5S/c1-12(21(27(3,24)25)14-8-6-7-13(19)11-14)17(22)20-16-10-5-4-9-15(16)18(23)26-2/h4-12H,1-3H3,(H,20,22)/t12-/m0/s1. The topological polar surface area (TPSA) is 92.8 Å². The second kappa shape index (κ2) is 8.41. The molecule has 0 aliphatic heterocycles. The predicted octanol–water partition coefficient (Wildman–Crippen LogP) is 2.92. The summed E-state index contributed by atoms with van der Waals surface area (Å²) in [5.74, 6) is -1.23. The van der Waals surface area contributed by atoms with Gasteiger partial charge in [0.15, 0.2) is 0 Å². The van der Waals surface area contributed by atoms with Gasteiger partial charge in [-0.25, -0.2) is 13.2 Å². The van der Waals surface area contributed by atoms with Gasteiger partial charge < -0.3 is 10.1 Å². The number of anilines is 2. The summed E-state index contributed by atoms with van der Waals surface area (Å²) in [6.07, 6.45) is 1.00. The van der Waals surface area contributed by atoms with Gasteiger partial charge in [0, 0.05) is 5.02 Å². The summed E-state index contributed by atoms with van der Waals surface area (Å²) in [7, 11) is -2.55. The number of nitrogens with zero attached hydrogens (tertiary/aromatic N) is 1. The summed E-state index contributed by atoms with van der Waals surface area (Å²) in [6, 6.07) is 11.4. The molecule has 0 unspecified atom stereocenters. The number of esters is 1. The number of amides is 1. The molecule has 144 valence electrons. The molecule has 0 radical (unpaired) electrons. The first-order chi connectivity index (χ1) is 12.6. The zero-order valence-electron chi connectivity index (χ0n) is 15.0. The minimum Gasteiger partial charge on any atom is -0.465 e. The highest BCUT2D eigenvalue weighted by molar-refractivity contribution is 7.92. The highest BCUT2D eigenvalue weighted by Gasteiger charge is 2.30. The SMILES string of the molecule is COC(=O)c1ccccc1NC(=O)[C@H](C)N(c1cccc(Cl)c1)S(C)(=O)=O. The fourth-order valence-electron chi connectivity index (χ4n) is 2.54. The predicted molar refractivity (Wildman–Crippen MR) is 105 cm³/mol. The highest BCUT2D eigenvalue weighted by Crippen LogP contribution is 2.25. The second-order valence-corrected chi connectivity index (χ2v) is 8.04. The minimum atomic E-state index is -3.78. The third-order valence-electron chi connectivity index (χ3n) is 3.74. The Kier molecular flexibility index (Phi) is 6.45. The Balaban J connectivity index is 2.36. The fourth-order valence-corrected chi connectivity index (χ4v) is 3.89. The van der Waals surface area contributed by atoms with E-state index >= 15 is 0 Å². The molecule has 0 aliphatic rings. The lowest BCUT2D eigenvalue weighted by atomic mass is 10.1. The molecule has 7 nitrogen and oxygen atoms in total. The van der Waals surface area contributed by atoms with Gasteiger partial charge in [-0.2, -0.15) is 0 Å². The van der Waals surface area contributed by atoms with Gasteiger partial charge in [0.25, 0.3) is 0 Å². The lowest BCUT2D eigenvalue weighted by molar-refractivity contribution is -0.116. The molecule has 0 fully saturated rings. The zero-order chi connectivity index (χ0) is 20.2. The summed E-state index contributed by atoms with van der Waals surface area (Å²) in [5, 5.41) is 2.92. The summed E-state index contributed by atoms with van der Waals surface area (Å²) in [4.78, 5) is 24.6. The van der Waals surface area contributed by atoms with Crippen LogP contribution in [0.15, 0.2) is 48.5 Å². The van der Waals surface area contributed by atoms with Gasteiger partial charge in [-0.15, -0.1) is 0 Å². The van der Waals surface area contributed by atoms with Gasteiger partial charge in [0.2, 0.25) is 15.9 Å². The molecule has 0 saturated carbocycles. The van der Waals surface area contributed by atoms with Crippen LogP contribution in [0.4, 0.5) is 11.4 Å². The molecule has 0 saturated heterocycles. The summed E-state index contributed by atoms with van der Waals surface area (Å²) in [6.45, 7) is 1.44. The molecule has 2 rings (SSSR count). The van der Waals surface area contributed by atoms with Crippen LogP contribution in [-0.4, -0.2) is 39.7 Å². The molecular weight excluding hydrogens is 392 g/mol. The Morgan fingerprint density at radius 3 is 2.41 bits per heavy atom. The van der Waals surface area contributed by atoms with Gasteiger partial charge in [0.05, 0.1) is 30.3 Å². The van der Waals surface area contributed by atoms with Crippen molar-refractivity contribution < 1.29 is 22.7 Å². The Bertz CT molecular complexity index is 962. The van der Waals surface area contributed by atoms with Crippen molar-refractivity contribution in [1.82, 2.24) is 0 Å². The fraction of sp³-hybridized carbons (Fsp3) is 0.222. The number of para-hydroxylation sites is 1. The Hall–Kier alpha value is -2.58. The minimum absolute atomic E-state index is 0.161. The van der Waals surface area contributed by atoms with Crippen LogP contribution in [0.5, 0.6) is 0 Å². The van der Waals surface area contributed by atoms with Crippen molar-refractivity contribution in [2.24, 2.45) is 0 Å². The van der Waals surface area contributed by atoms with Crippen molar-refractivity contribution in [3.05, 3.63) is 59.1 Å². The maximum absolute atomic E-state index is 12.7. The molecule has 27 heavy (non-hydrogen) atoms. The van der Waals surface area contributed by atoms with Crippen molar-refractivity contribution in [3.8, 4) is 0 Å². The maximum atomic E-state index is 12.7. The van der Waals surface area contributed by atoms with E-state index in [9.17, 15) is 18.0 Å². The third kappa shape index (κ3) is 4.99. The summed E-state index contributed by atoms with van der Waals surface area (Å²) in [5.41, 5.74) is 0.642. The largest absolute Gasteiger partial charge is 0.465 e. The second-order valence-electron chi connectivity index (χ2n) is 5.74. The van der Waals surface area contributed by atoms with Crippen LogP contribution in [0.2, 0.25) is 5.02 Å². The van der Waals surface area contributed by atoms with Crippen molar-refractivity contribution in [2.45, 2.75) is 13.0 Å². The molecule has 0 spiro atoms. The molecule has 0 bridgehead atoms. The first-order valence-corrected chi connectivity index (χ1v) is 10.1. The molecule has 1 atom stereocenters. The van der Waals surface area contributed by atoms with Crippen molar-refractivity contribution in [3.63, 3.8) is 0 Å². The molecule has 2 aromatic carbocycles. The molecule has 2 aromatic rings. The molecule has 0 aliphatic carbocycles. The maximum Gasteiger partial charge on any atom is 0.339 e. The number of hydrogen-bond donors (Lipinski definition) is 1. The number of nitrogens with one attached hydrogen (secondary N) is 1. The first-order valence-electron chi connectivity index (χ1n) is 7.88. The lowest BCUT2D eigenvalue weighted by Crippen LogP contribution is -2.45. The van der Waals surface area contributed by atoms with Crippen LogP contribution in [0.1, 0.15) is 17.3 Å². The van der Waals surface area contributed by atoms with E-state index in [0.29, 0.717) is 5.02 Å². The number of benzene rings is 2. The molecule has 1 amide bonds. The normalized spacial score (nSPS) is 12.1. The van der Waals surface area contributed by atoms with Crippen LogP contribution in [0.3, 0.4) is 0 Å². The van der Waals surface area contributed by atoms with E-state index in [-0.39, 0.29) is 16.9 Å². The number of carbonyl (C=O) groups excluding carboxylic acids is 2. The number of carbonyl (C=O) groups is 2. The van der Waals surface area contributed by atoms with E-state index in [1.165, 1.54) is 32.2 Å². The third-order valence-corrected chi connectivity index (χ3v) is 5.22. The molecule has 0 aromatic heterocycles. The van der Waals surface area contributed by atoms with Crippen LogP contribution in [-0.2, 0) is 19.6 Å². The van der Waals surface area contributed by atoms with E-state index in [1.807, 2.05) is 0 Å². The molecule has 1 N–H and O–H groups in total. The Labute approximate surface area is 162 Å². The average molecular weight is 411 g/mol. The number of sulfonamides is 1. The van der Waals surface area contributed by atoms with Gasteiger partial charge >= 0.3 is 5.97 Å². The van der Waals surface area contributed by atoms with Crippen LogP contribution in [0, 0.1) is 0 Å². The molecule has 9 heteroatoms. The summed E-state index contributed by atoms with van der Waals surface area (Å²) < 4.78 is 30.2. The van der Waals surface area contributed by atoms with Crippen molar-refractivity contribution >= 4 is 44.9 Å². The Morgan fingerprint density at radius 1 is 1.15 bits per heavy atom. The number of rotatable bonds is 6. The van der Waals surface area contributed by atoms with Crippen LogP contribution < -0.4 is 9.62 Å². The molecular formula is C18H19ClN2O5S. The first kappa shape index (κ1) is 20.7. The van der Waals surface area contributed by atoms with E-state index in [0.717, 1.165) is 10.6 Å². The van der Waals surface area contributed by atoms with Crippen molar-refractivity contribution in [1.29, 1.82) is 0 Å². The van der Waals surface area contributed by atoms with E-state index < -0.39 is 27.9 Å². The van der Waals surface area contributed by atoms with Crippen LogP contribution >= 0.6 is 11.6 Å². The lowest BCUT2D eigenvalue weighted by Gasteiger charge is -2.28. The van der Waals surface area contributed by atoms with Gasteiger partial charge in [-0.05, 0) is 37.3 Å². The number of ether oxygens (including phenoxy) is 1. The Morgan fingerprint density at radius 2 is 1.81 bits per heavy atom. The monoisotopic (exact) mass is 410 g/mol. The summed E-state index contributed by atoms with van der Waals surface area (Å²) >= 11 is 5.95. The van der Waals surface area contributed by atoms with Crippen LogP contribution in [0.25, 0.3) is 0 Å². The van der Waals surface area contributed by atoms with Crippen molar-refractivity contribution in [2.75, 3.05) is 23.0 Å². The quantitative estimate of drug-likeness (QED) is 0.739. The number of hydrogen-bond acceptors (Lipinski definition) is 5. The van der Waals surface area contributed by atoms with Gasteiger partial charge in [-0.3, -0.25) is 9.10 Å². The zero-order valence-corrected chi connectivity index (χ0v) is 16.5.